The molecule has 2 amide bonds. The summed E-state index contributed by atoms with van der Waals surface area (Å²) >= 11 is 0. The number of ether oxygens (including phenoxy) is 1. The van der Waals surface area contributed by atoms with Gasteiger partial charge in [-0.1, -0.05) is 12.1 Å². The first-order chi connectivity index (χ1) is 14.5. The number of rotatable bonds is 7. The quantitative estimate of drug-likeness (QED) is 0.715. The minimum atomic E-state index is -0.427. The Hall–Kier alpha value is -2.03. The molecule has 1 aromatic carbocycles. The fraction of sp³-hybridized carbons (Fsp3) is 0.636. The van der Waals surface area contributed by atoms with Crippen LogP contribution in [0.15, 0.2) is 24.3 Å². The van der Waals surface area contributed by atoms with E-state index in [1.165, 1.54) is 19.1 Å². The summed E-state index contributed by atoms with van der Waals surface area (Å²) in [6.07, 6.45) is 1.53. The standard InChI is InChI=1S/C22H33FN4O3/c1-17(28)27-16-20(14-21(27)22(29)25-10-3-8-24-9-11-25)26(12-13-30-2)15-18-4-6-19(23)7-5-18/h4-7,20-21,24H,3,8-16H2,1-2H3. The monoisotopic (exact) mass is 420 g/mol. The highest BCUT2D eigenvalue weighted by Gasteiger charge is 2.42. The van der Waals surface area contributed by atoms with Crippen LogP contribution in [0.5, 0.6) is 0 Å². The van der Waals surface area contributed by atoms with Crippen molar-refractivity contribution in [3.8, 4) is 0 Å². The number of benzene rings is 1. The van der Waals surface area contributed by atoms with Gasteiger partial charge in [0.05, 0.1) is 6.61 Å². The van der Waals surface area contributed by atoms with E-state index in [-0.39, 0.29) is 23.7 Å². The molecule has 0 spiro atoms. The van der Waals surface area contributed by atoms with Crippen molar-refractivity contribution in [3.63, 3.8) is 0 Å². The summed E-state index contributed by atoms with van der Waals surface area (Å²) in [4.78, 5) is 31.5. The number of amides is 2. The number of hydrogen-bond donors (Lipinski definition) is 1. The number of methoxy groups -OCH3 is 1. The van der Waals surface area contributed by atoms with Gasteiger partial charge in [-0.25, -0.2) is 4.39 Å². The first-order valence-electron chi connectivity index (χ1n) is 10.7. The largest absolute Gasteiger partial charge is 0.383 e. The van der Waals surface area contributed by atoms with Crippen molar-refractivity contribution in [2.75, 3.05) is 53.0 Å². The lowest BCUT2D eigenvalue weighted by molar-refractivity contribution is -0.142. The lowest BCUT2D eigenvalue weighted by atomic mass is 10.1. The summed E-state index contributed by atoms with van der Waals surface area (Å²) in [5.74, 6) is -0.287. The summed E-state index contributed by atoms with van der Waals surface area (Å²) in [7, 11) is 1.66. The Labute approximate surface area is 178 Å². The molecule has 2 fully saturated rings. The molecule has 7 nitrogen and oxygen atoms in total. The molecule has 2 unspecified atom stereocenters. The van der Waals surface area contributed by atoms with Gasteiger partial charge in [-0.15, -0.1) is 0 Å². The summed E-state index contributed by atoms with van der Waals surface area (Å²) in [6.45, 7) is 7.00. The van der Waals surface area contributed by atoms with Crippen molar-refractivity contribution in [3.05, 3.63) is 35.6 Å². The van der Waals surface area contributed by atoms with Gasteiger partial charge in [0.2, 0.25) is 11.8 Å². The first kappa shape index (κ1) is 22.7. The third kappa shape index (κ3) is 5.77. The SMILES string of the molecule is COCCN(Cc1ccc(F)cc1)C1CC(C(=O)N2CCCNCC2)N(C(C)=O)C1. The number of nitrogens with zero attached hydrogens (tertiary/aromatic N) is 3. The van der Waals surface area contributed by atoms with Crippen molar-refractivity contribution < 1.29 is 18.7 Å². The number of halogens is 1. The zero-order chi connectivity index (χ0) is 21.5. The second-order valence-corrected chi connectivity index (χ2v) is 8.10. The Morgan fingerprint density at radius 1 is 1.23 bits per heavy atom. The molecule has 30 heavy (non-hydrogen) atoms. The minimum absolute atomic E-state index is 0.0462. The number of carbonyl (C=O) groups is 2. The average molecular weight is 421 g/mol. The molecule has 1 aromatic rings. The van der Waals surface area contributed by atoms with Crippen LogP contribution < -0.4 is 5.32 Å². The molecule has 166 valence electrons. The van der Waals surface area contributed by atoms with E-state index in [2.05, 4.69) is 10.2 Å². The van der Waals surface area contributed by atoms with Crippen molar-refractivity contribution in [1.29, 1.82) is 0 Å². The number of carbonyl (C=O) groups excluding carboxylic acids is 2. The molecule has 2 saturated heterocycles. The van der Waals surface area contributed by atoms with Gasteiger partial charge in [0.1, 0.15) is 11.9 Å². The predicted molar refractivity (Wildman–Crippen MR) is 112 cm³/mol. The molecule has 2 heterocycles. The van der Waals surface area contributed by atoms with Crippen LogP contribution in [0.25, 0.3) is 0 Å². The second kappa shape index (κ2) is 10.8. The molecule has 3 rings (SSSR count). The van der Waals surface area contributed by atoms with Crippen LogP contribution in [0.2, 0.25) is 0 Å². The molecule has 2 aliphatic heterocycles. The predicted octanol–water partition coefficient (Wildman–Crippen LogP) is 1.09. The summed E-state index contributed by atoms with van der Waals surface area (Å²) in [5, 5.41) is 3.31. The second-order valence-electron chi connectivity index (χ2n) is 8.10. The summed E-state index contributed by atoms with van der Waals surface area (Å²) in [5.41, 5.74) is 0.996. The van der Waals surface area contributed by atoms with E-state index < -0.39 is 6.04 Å². The first-order valence-corrected chi connectivity index (χ1v) is 10.7. The van der Waals surface area contributed by atoms with Gasteiger partial charge >= 0.3 is 0 Å². The van der Waals surface area contributed by atoms with E-state index in [0.29, 0.717) is 39.2 Å². The van der Waals surface area contributed by atoms with Crippen molar-refractivity contribution >= 4 is 11.8 Å². The average Bonchev–Trinajstić information content (AvgIpc) is 3.00. The number of nitrogens with one attached hydrogen (secondary N) is 1. The smallest absolute Gasteiger partial charge is 0.245 e. The van der Waals surface area contributed by atoms with Crippen molar-refractivity contribution in [2.24, 2.45) is 0 Å². The Bertz CT molecular complexity index is 707. The normalized spacial score (nSPS) is 22.4. The Balaban J connectivity index is 1.74. The molecular formula is C22H33FN4O3. The topological polar surface area (TPSA) is 65.1 Å². The summed E-state index contributed by atoms with van der Waals surface area (Å²) < 4.78 is 18.6. The summed E-state index contributed by atoms with van der Waals surface area (Å²) in [6, 6.07) is 6.09. The molecule has 8 heteroatoms. The highest BCUT2D eigenvalue weighted by molar-refractivity contribution is 5.87. The van der Waals surface area contributed by atoms with Crippen LogP contribution in [0.1, 0.15) is 25.3 Å². The Morgan fingerprint density at radius 2 is 2.00 bits per heavy atom. The Morgan fingerprint density at radius 3 is 2.70 bits per heavy atom. The molecule has 0 bridgehead atoms. The van der Waals surface area contributed by atoms with Crippen LogP contribution in [0, 0.1) is 5.82 Å². The maximum absolute atomic E-state index is 13.3. The zero-order valence-corrected chi connectivity index (χ0v) is 18.0. The van der Waals surface area contributed by atoms with E-state index in [1.807, 2.05) is 4.90 Å². The van der Waals surface area contributed by atoms with E-state index in [9.17, 15) is 14.0 Å². The fourth-order valence-corrected chi connectivity index (χ4v) is 4.36. The highest BCUT2D eigenvalue weighted by Crippen LogP contribution is 2.26. The third-order valence-corrected chi connectivity index (χ3v) is 6.02. The molecule has 0 aromatic heterocycles. The van der Waals surface area contributed by atoms with E-state index in [4.69, 9.17) is 4.74 Å². The molecule has 0 aliphatic carbocycles. The van der Waals surface area contributed by atoms with Gasteiger partial charge < -0.3 is 19.9 Å². The lowest BCUT2D eigenvalue weighted by Crippen LogP contribution is -2.48. The van der Waals surface area contributed by atoms with E-state index in [1.54, 1.807) is 24.1 Å². The van der Waals surface area contributed by atoms with E-state index in [0.717, 1.165) is 31.6 Å². The van der Waals surface area contributed by atoms with Crippen LogP contribution >= 0.6 is 0 Å². The van der Waals surface area contributed by atoms with Crippen molar-refractivity contribution in [2.45, 2.75) is 38.4 Å². The fourth-order valence-electron chi connectivity index (χ4n) is 4.36. The van der Waals surface area contributed by atoms with Crippen LogP contribution in [0.4, 0.5) is 4.39 Å². The Kier molecular flexibility index (Phi) is 8.18. The van der Waals surface area contributed by atoms with E-state index >= 15 is 0 Å². The molecule has 1 N–H and O–H groups in total. The van der Waals surface area contributed by atoms with Crippen LogP contribution in [-0.2, 0) is 20.9 Å². The van der Waals surface area contributed by atoms with Gasteiger partial charge in [0, 0.05) is 59.3 Å². The van der Waals surface area contributed by atoms with Gasteiger partial charge in [0.15, 0.2) is 0 Å². The highest BCUT2D eigenvalue weighted by atomic mass is 19.1. The van der Waals surface area contributed by atoms with Gasteiger partial charge in [-0.2, -0.15) is 0 Å². The van der Waals surface area contributed by atoms with Gasteiger partial charge in [-0.3, -0.25) is 14.5 Å². The molecule has 2 atom stereocenters. The molecule has 0 radical (unpaired) electrons. The third-order valence-electron chi connectivity index (χ3n) is 6.02. The van der Waals surface area contributed by atoms with Gasteiger partial charge in [-0.05, 0) is 37.1 Å². The van der Waals surface area contributed by atoms with Crippen LogP contribution in [-0.4, -0.2) is 91.6 Å². The number of hydrogen-bond acceptors (Lipinski definition) is 5. The van der Waals surface area contributed by atoms with Gasteiger partial charge in [0.25, 0.3) is 0 Å². The van der Waals surface area contributed by atoms with Crippen molar-refractivity contribution in [1.82, 2.24) is 20.0 Å². The zero-order valence-electron chi connectivity index (χ0n) is 18.0. The molecule has 2 aliphatic rings. The maximum Gasteiger partial charge on any atom is 0.245 e. The minimum Gasteiger partial charge on any atom is -0.383 e. The lowest BCUT2D eigenvalue weighted by Gasteiger charge is -2.28. The maximum atomic E-state index is 13.3. The molecule has 0 saturated carbocycles. The number of likely N-dealkylation sites (tertiary alicyclic amines) is 1. The molecular weight excluding hydrogens is 387 g/mol. The van der Waals surface area contributed by atoms with Crippen LogP contribution in [0.3, 0.4) is 0 Å².